The second kappa shape index (κ2) is 4.38. The molecule has 2 aliphatic rings. The molecule has 2 aromatic heterocycles. The first kappa shape index (κ1) is 13.4. The maximum Gasteiger partial charge on any atom is 0.280 e. The molecule has 4 heterocycles. The minimum Gasteiger partial charge on any atom is -0.393 e. The summed E-state index contributed by atoms with van der Waals surface area (Å²) in [4.78, 5) is 22.4. The number of imidazole rings is 1. The molecule has 10 heteroatoms. The van der Waals surface area contributed by atoms with Gasteiger partial charge in [0.2, 0.25) is 5.95 Å². The number of hydrogen-bond donors (Lipinski definition) is 3. The van der Waals surface area contributed by atoms with Crippen LogP contribution in [0.1, 0.15) is 6.23 Å². The van der Waals surface area contributed by atoms with Gasteiger partial charge in [0.1, 0.15) is 11.7 Å². The van der Waals surface area contributed by atoms with Crippen LogP contribution in [0.2, 0.25) is 0 Å². The number of ether oxygens (including phenoxy) is 2. The molecule has 0 spiro atoms. The molecule has 2 saturated heterocycles. The summed E-state index contributed by atoms with van der Waals surface area (Å²) in [5, 5.41) is 9.61. The predicted octanol–water partition coefficient (Wildman–Crippen LogP) is -0.836. The third kappa shape index (κ3) is 1.69. The topological polar surface area (TPSA) is 128 Å². The summed E-state index contributed by atoms with van der Waals surface area (Å²) in [6, 6.07) is 0. The maximum atomic E-state index is 11.8. The first-order valence-electron chi connectivity index (χ1n) is 6.32. The lowest BCUT2D eigenvalue weighted by Gasteiger charge is -2.29. The number of nitrogen functional groups attached to an aromatic ring is 1. The predicted molar refractivity (Wildman–Crippen MR) is 80.0 cm³/mol. The molecule has 4 rings (SSSR count). The fraction of sp³-hybridized carbons (Fsp3) is 0.545. The van der Waals surface area contributed by atoms with E-state index < -0.39 is 17.4 Å². The Morgan fingerprint density at radius 1 is 1.67 bits per heavy atom. The fourth-order valence-corrected chi connectivity index (χ4v) is 3.93. The van der Waals surface area contributed by atoms with Gasteiger partial charge in [-0.3, -0.25) is 14.3 Å². The normalized spacial score (nSPS) is 34.9. The van der Waals surface area contributed by atoms with Crippen LogP contribution in [0.25, 0.3) is 11.2 Å². The van der Waals surface area contributed by atoms with Gasteiger partial charge in [-0.2, -0.15) is 4.98 Å². The molecule has 4 atom stereocenters. The number of fused-ring (bicyclic) bond motifs is 3. The van der Waals surface area contributed by atoms with Gasteiger partial charge in [-0.15, -0.1) is 0 Å². The van der Waals surface area contributed by atoms with Crippen molar-refractivity contribution in [3.8, 4) is 0 Å². The van der Waals surface area contributed by atoms with E-state index in [0.717, 1.165) is 0 Å². The highest BCUT2D eigenvalue weighted by atomic mass is 127. The average molecular weight is 405 g/mol. The van der Waals surface area contributed by atoms with E-state index in [-0.39, 0.29) is 28.1 Å². The highest BCUT2D eigenvalue weighted by molar-refractivity contribution is 14.1. The number of nitrogens with two attached hydrogens (primary N) is 1. The van der Waals surface area contributed by atoms with E-state index in [4.69, 9.17) is 15.2 Å². The second-order valence-electron chi connectivity index (χ2n) is 5.18. The molecule has 2 fully saturated rings. The standard InChI is InChI=1S/C11H12IN5O4/c12-6-5-9(21-11(6,1-18)2-20-5)17-3-14-4-7(17)15-10(13)16-8(4)19/h3,5-6,9,18H,1-2H2,(H3,13,15,16,19)/t5?,6?,9-,11+/m1/s1. The number of H-pyrrole nitrogens is 1. The van der Waals surface area contributed by atoms with E-state index in [9.17, 15) is 9.90 Å². The van der Waals surface area contributed by atoms with Crippen LogP contribution in [-0.2, 0) is 9.47 Å². The number of aromatic amines is 1. The average Bonchev–Trinajstić information content (AvgIpc) is 3.09. The number of alkyl halides is 1. The molecule has 112 valence electrons. The summed E-state index contributed by atoms with van der Waals surface area (Å²) in [6.07, 6.45) is 0.749. The second-order valence-corrected chi connectivity index (χ2v) is 6.53. The summed E-state index contributed by atoms with van der Waals surface area (Å²) >= 11 is 2.22. The number of hydrogen-bond acceptors (Lipinski definition) is 7. The highest BCUT2D eigenvalue weighted by Crippen LogP contribution is 2.48. The van der Waals surface area contributed by atoms with Crippen molar-refractivity contribution in [2.75, 3.05) is 18.9 Å². The molecule has 4 N–H and O–H groups in total. The zero-order chi connectivity index (χ0) is 14.8. The van der Waals surface area contributed by atoms with Crippen molar-refractivity contribution in [3.05, 3.63) is 16.7 Å². The first-order chi connectivity index (χ1) is 10.1. The first-order valence-corrected chi connectivity index (χ1v) is 7.57. The van der Waals surface area contributed by atoms with Gasteiger partial charge in [0.25, 0.3) is 5.56 Å². The van der Waals surface area contributed by atoms with Crippen LogP contribution in [0, 0.1) is 0 Å². The molecule has 0 aliphatic carbocycles. The van der Waals surface area contributed by atoms with Gasteiger partial charge in [-0.25, -0.2) is 4.98 Å². The Labute approximate surface area is 131 Å². The van der Waals surface area contributed by atoms with Crippen LogP contribution < -0.4 is 11.3 Å². The molecule has 0 radical (unpaired) electrons. The summed E-state index contributed by atoms with van der Waals surface area (Å²) in [5.74, 6) is 0.0150. The summed E-state index contributed by atoms with van der Waals surface area (Å²) < 4.78 is 13.3. The lowest BCUT2D eigenvalue weighted by molar-refractivity contribution is -0.182. The van der Waals surface area contributed by atoms with Crippen LogP contribution in [0.3, 0.4) is 0 Å². The van der Waals surface area contributed by atoms with Crippen molar-refractivity contribution >= 4 is 39.7 Å². The minimum absolute atomic E-state index is 0.00175. The van der Waals surface area contributed by atoms with Gasteiger partial charge >= 0.3 is 0 Å². The summed E-state index contributed by atoms with van der Waals surface area (Å²) in [7, 11) is 0. The highest BCUT2D eigenvalue weighted by Gasteiger charge is 2.61. The Morgan fingerprint density at radius 3 is 3.19 bits per heavy atom. The number of aliphatic hydroxyl groups is 1. The lowest BCUT2D eigenvalue weighted by Crippen LogP contribution is -2.41. The van der Waals surface area contributed by atoms with Crippen molar-refractivity contribution in [2.45, 2.75) is 21.9 Å². The van der Waals surface area contributed by atoms with E-state index in [1.54, 1.807) is 4.57 Å². The monoisotopic (exact) mass is 405 g/mol. The Morgan fingerprint density at radius 2 is 2.48 bits per heavy atom. The lowest BCUT2D eigenvalue weighted by atomic mass is 10.0. The Balaban J connectivity index is 1.84. The number of rotatable bonds is 2. The zero-order valence-electron chi connectivity index (χ0n) is 10.7. The number of halogens is 1. The van der Waals surface area contributed by atoms with Crippen molar-refractivity contribution in [3.63, 3.8) is 0 Å². The van der Waals surface area contributed by atoms with Crippen molar-refractivity contribution in [2.24, 2.45) is 0 Å². The molecule has 0 amide bonds. The molecule has 2 aromatic rings. The molecule has 2 bridgehead atoms. The van der Waals surface area contributed by atoms with Crippen LogP contribution in [0.4, 0.5) is 5.95 Å². The van der Waals surface area contributed by atoms with Gasteiger partial charge in [0, 0.05) is 0 Å². The van der Waals surface area contributed by atoms with Crippen LogP contribution in [0.5, 0.6) is 0 Å². The van der Waals surface area contributed by atoms with Crippen molar-refractivity contribution < 1.29 is 14.6 Å². The SMILES string of the molecule is Nc1nc2c(ncn2[C@@H]2O[C@@]3(CO)COC2C3I)c(=O)[nH]1. The molecule has 9 nitrogen and oxygen atoms in total. The zero-order valence-corrected chi connectivity index (χ0v) is 12.9. The molecule has 2 unspecified atom stereocenters. The molecular weight excluding hydrogens is 393 g/mol. The number of anilines is 1. The largest absolute Gasteiger partial charge is 0.393 e. The number of nitrogens with one attached hydrogen (secondary N) is 1. The molecule has 2 aliphatic heterocycles. The van der Waals surface area contributed by atoms with Crippen molar-refractivity contribution in [1.82, 2.24) is 19.5 Å². The van der Waals surface area contributed by atoms with E-state index in [2.05, 4.69) is 37.5 Å². The smallest absolute Gasteiger partial charge is 0.280 e. The maximum absolute atomic E-state index is 11.8. The van der Waals surface area contributed by atoms with Gasteiger partial charge < -0.3 is 20.3 Å². The number of aliphatic hydroxyl groups excluding tert-OH is 1. The van der Waals surface area contributed by atoms with Crippen LogP contribution in [-0.4, -0.2) is 53.5 Å². The van der Waals surface area contributed by atoms with Crippen molar-refractivity contribution in [1.29, 1.82) is 0 Å². The fourth-order valence-electron chi connectivity index (χ4n) is 2.85. The molecule has 21 heavy (non-hydrogen) atoms. The summed E-state index contributed by atoms with van der Waals surface area (Å²) in [5.41, 5.74) is 5.00. The van der Waals surface area contributed by atoms with Gasteiger partial charge in [-0.1, -0.05) is 22.6 Å². The quantitative estimate of drug-likeness (QED) is 0.439. The third-order valence-corrected chi connectivity index (χ3v) is 5.78. The third-order valence-electron chi connectivity index (χ3n) is 3.94. The number of aromatic nitrogens is 4. The van der Waals surface area contributed by atoms with E-state index in [0.29, 0.717) is 12.3 Å². The van der Waals surface area contributed by atoms with Crippen LogP contribution >= 0.6 is 22.6 Å². The molecule has 0 saturated carbocycles. The van der Waals surface area contributed by atoms with E-state index in [1.165, 1.54) is 6.33 Å². The minimum atomic E-state index is -0.723. The van der Waals surface area contributed by atoms with E-state index in [1.807, 2.05) is 0 Å². The number of nitrogens with zero attached hydrogens (tertiary/aromatic N) is 3. The Kier molecular flexibility index (Phi) is 2.80. The van der Waals surface area contributed by atoms with Gasteiger partial charge in [0.05, 0.1) is 23.5 Å². The van der Waals surface area contributed by atoms with Gasteiger partial charge in [0.15, 0.2) is 17.4 Å². The Bertz CT molecular complexity index is 776. The summed E-state index contributed by atoms with van der Waals surface area (Å²) in [6.45, 7) is 0.220. The molecule has 0 aromatic carbocycles. The Hall–Kier alpha value is -1.24. The van der Waals surface area contributed by atoms with Crippen LogP contribution in [0.15, 0.2) is 11.1 Å². The van der Waals surface area contributed by atoms with Gasteiger partial charge in [-0.05, 0) is 0 Å². The van der Waals surface area contributed by atoms with E-state index >= 15 is 0 Å². The molecular formula is C11H12IN5O4.